The Hall–Kier alpha value is -1.76. The van der Waals surface area contributed by atoms with Crippen LogP contribution in [-0.4, -0.2) is 14.3 Å². The molecule has 23 heavy (non-hydrogen) atoms. The molecule has 5 nitrogen and oxygen atoms in total. The highest BCUT2D eigenvalue weighted by Crippen LogP contribution is 2.28. The van der Waals surface area contributed by atoms with Gasteiger partial charge in [0, 0.05) is 11.9 Å². The Morgan fingerprint density at radius 2 is 1.91 bits per heavy atom. The SMILES string of the molecule is CC(=O)NS(=O)(=O)c1cccc(COc2ccc(Cl)cc2Cl)c1. The zero-order valence-corrected chi connectivity index (χ0v) is 14.4. The van der Waals surface area contributed by atoms with Gasteiger partial charge in [0.05, 0.1) is 9.92 Å². The summed E-state index contributed by atoms with van der Waals surface area (Å²) in [5.41, 5.74) is 0.613. The van der Waals surface area contributed by atoms with Crippen LogP contribution in [0.2, 0.25) is 10.0 Å². The maximum absolute atomic E-state index is 12.0. The van der Waals surface area contributed by atoms with Gasteiger partial charge in [0.15, 0.2) is 0 Å². The first-order valence-corrected chi connectivity index (χ1v) is 8.72. The number of carbonyl (C=O) groups excluding carboxylic acids is 1. The average molecular weight is 374 g/mol. The highest BCUT2D eigenvalue weighted by molar-refractivity contribution is 7.90. The minimum atomic E-state index is -3.88. The maximum Gasteiger partial charge on any atom is 0.264 e. The summed E-state index contributed by atoms with van der Waals surface area (Å²) in [5, 5.41) is 0.852. The van der Waals surface area contributed by atoms with Crippen LogP contribution in [0, 0.1) is 0 Å². The molecule has 0 saturated carbocycles. The number of sulfonamides is 1. The zero-order chi connectivity index (χ0) is 17.0. The summed E-state index contributed by atoms with van der Waals surface area (Å²) in [4.78, 5) is 10.9. The van der Waals surface area contributed by atoms with Crippen LogP contribution >= 0.6 is 23.2 Å². The van der Waals surface area contributed by atoms with Gasteiger partial charge in [-0.1, -0.05) is 35.3 Å². The summed E-state index contributed by atoms with van der Waals surface area (Å²) in [7, 11) is -3.88. The Bertz CT molecular complexity index is 837. The van der Waals surface area contributed by atoms with Gasteiger partial charge in [-0.05, 0) is 35.9 Å². The van der Waals surface area contributed by atoms with Crippen LogP contribution in [0.3, 0.4) is 0 Å². The molecule has 0 aromatic heterocycles. The third-order valence-corrected chi connectivity index (χ3v) is 4.74. The van der Waals surface area contributed by atoms with Gasteiger partial charge in [-0.2, -0.15) is 0 Å². The lowest BCUT2D eigenvalue weighted by Gasteiger charge is -2.10. The van der Waals surface area contributed by atoms with Crippen molar-refractivity contribution in [1.29, 1.82) is 0 Å². The van der Waals surface area contributed by atoms with E-state index in [9.17, 15) is 13.2 Å². The number of hydrogen-bond acceptors (Lipinski definition) is 4. The minimum Gasteiger partial charge on any atom is -0.487 e. The summed E-state index contributed by atoms with van der Waals surface area (Å²) in [5.74, 6) is -0.217. The maximum atomic E-state index is 12.0. The standard InChI is InChI=1S/C15H13Cl2NO4S/c1-10(19)18-23(20,21)13-4-2-3-11(7-13)9-22-15-6-5-12(16)8-14(15)17/h2-8H,9H2,1H3,(H,18,19). The lowest BCUT2D eigenvalue weighted by molar-refractivity contribution is -0.117. The van der Waals surface area contributed by atoms with Crippen LogP contribution in [0.25, 0.3) is 0 Å². The quantitative estimate of drug-likeness (QED) is 0.871. The van der Waals surface area contributed by atoms with Crippen molar-refractivity contribution >= 4 is 39.1 Å². The molecule has 0 heterocycles. The van der Waals surface area contributed by atoms with Crippen molar-refractivity contribution in [3.63, 3.8) is 0 Å². The molecule has 1 amide bonds. The smallest absolute Gasteiger partial charge is 0.264 e. The van der Waals surface area contributed by atoms with Gasteiger partial charge >= 0.3 is 0 Å². The number of hydrogen-bond donors (Lipinski definition) is 1. The highest BCUT2D eigenvalue weighted by atomic mass is 35.5. The Balaban J connectivity index is 2.16. The van der Waals surface area contributed by atoms with Crippen molar-refractivity contribution in [1.82, 2.24) is 4.72 Å². The lowest BCUT2D eigenvalue weighted by Crippen LogP contribution is -2.28. The molecule has 0 aliphatic heterocycles. The van der Waals surface area contributed by atoms with Crippen LogP contribution in [0.1, 0.15) is 12.5 Å². The summed E-state index contributed by atoms with van der Waals surface area (Å²) in [6, 6.07) is 10.9. The van der Waals surface area contributed by atoms with E-state index in [-0.39, 0.29) is 11.5 Å². The molecule has 8 heteroatoms. The molecule has 0 spiro atoms. The monoisotopic (exact) mass is 373 g/mol. The van der Waals surface area contributed by atoms with Crippen molar-refractivity contribution in [3.05, 3.63) is 58.1 Å². The fraction of sp³-hybridized carbons (Fsp3) is 0.133. The van der Waals surface area contributed by atoms with Crippen LogP contribution in [0.4, 0.5) is 0 Å². The zero-order valence-electron chi connectivity index (χ0n) is 12.0. The molecule has 0 radical (unpaired) electrons. The second-order valence-electron chi connectivity index (χ2n) is 4.67. The van der Waals surface area contributed by atoms with Crippen molar-refractivity contribution < 1.29 is 17.9 Å². The first kappa shape index (κ1) is 17.6. The van der Waals surface area contributed by atoms with Crippen LogP contribution in [0.15, 0.2) is 47.4 Å². The van der Waals surface area contributed by atoms with Gasteiger partial charge in [-0.3, -0.25) is 4.79 Å². The van der Waals surface area contributed by atoms with E-state index in [1.54, 1.807) is 30.3 Å². The average Bonchev–Trinajstić information content (AvgIpc) is 2.45. The second-order valence-corrected chi connectivity index (χ2v) is 7.20. The van der Waals surface area contributed by atoms with E-state index in [2.05, 4.69) is 0 Å². The van der Waals surface area contributed by atoms with Gasteiger partial charge in [-0.15, -0.1) is 0 Å². The number of carbonyl (C=O) groups is 1. The number of benzene rings is 2. The van der Waals surface area contributed by atoms with Gasteiger partial charge in [0.1, 0.15) is 12.4 Å². The molecule has 0 aliphatic carbocycles. The molecule has 0 atom stereocenters. The molecule has 1 N–H and O–H groups in total. The van der Waals surface area contributed by atoms with Crippen LogP contribution in [0.5, 0.6) is 5.75 Å². The molecular weight excluding hydrogens is 361 g/mol. The van der Waals surface area contributed by atoms with Crippen molar-refractivity contribution in [2.45, 2.75) is 18.4 Å². The lowest BCUT2D eigenvalue weighted by atomic mass is 10.2. The van der Waals surface area contributed by atoms with E-state index in [0.717, 1.165) is 6.92 Å². The van der Waals surface area contributed by atoms with Crippen molar-refractivity contribution in [3.8, 4) is 5.75 Å². The normalized spacial score (nSPS) is 11.1. The predicted molar refractivity (Wildman–Crippen MR) is 88.2 cm³/mol. The number of ether oxygens (including phenoxy) is 1. The van der Waals surface area contributed by atoms with Crippen LogP contribution in [-0.2, 0) is 21.4 Å². The fourth-order valence-electron chi connectivity index (χ4n) is 1.80. The number of amides is 1. The van der Waals surface area contributed by atoms with Crippen LogP contribution < -0.4 is 9.46 Å². The Kier molecular flexibility index (Phi) is 5.51. The third-order valence-electron chi connectivity index (χ3n) is 2.78. The van der Waals surface area contributed by atoms with Crippen molar-refractivity contribution in [2.24, 2.45) is 0 Å². The number of rotatable bonds is 5. The molecular formula is C15H13Cl2NO4S. The number of nitrogens with one attached hydrogen (secondary N) is 1. The molecule has 0 aliphatic rings. The molecule has 0 unspecified atom stereocenters. The summed E-state index contributed by atoms with van der Waals surface area (Å²) >= 11 is 11.8. The second kappa shape index (κ2) is 7.21. The first-order valence-electron chi connectivity index (χ1n) is 6.48. The molecule has 0 fully saturated rings. The molecule has 2 aromatic carbocycles. The first-order chi connectivity index (χ1) is 10.8. The van der Waals surface area contributed by atoms with E-state index in [4.69, 9.17) is 27.9 Å². The topological polar surface area (TPSA) is 72.5 Å². The largest absolute Gasteiger partial charge is 0.487 e. The molecule has 2 rings (SSSR count). The fourth-order valence-corrected chi connectivity index (χ4v) is 3.33. The Morgan fingerprint density at radius 1 is 1.17 bits per heavy atom. The minimum absolute atomic E-state index is 0.0176. The van der Waals surface area contributed by atoms with Gasteiger partial charge in [0.2, 0.25) is 5.91 Å². The summed E-state index contributed by atoms with van der Waals surface area (Å²) in [6.45, 7) is 1.25. The van der Waals surface area contributed by atoms with Gasteiger partial charge < -0.3 is 4.74 Å². The van der Waals surface area contributed by atoms with Gasteiger partial charge in [-0.25, -0.2) is 13.1 Å². The molecule has 0 bridgehead atoms. The molecule has 0 saturated heterocycles. The van der Waals surface area contributed by atoms with Gasteiger partial charge in [0.25, 0.3) is 10.0 Å². The predicted octanol–water partition coefficient (Wildman–Crippen LogP) is 3.40. The summed E-state index contributed by atoms with van der Waals surface area (Å²) < 4.78 is 31.4. The third kappa shape index (κ3) is 4.86. The van der Waals surface area contributed by atoms with E-state index in [1.165, 1.54) is 12.1 Å². The van der Waals surface area contributed by atoms with E-state index >= 15 is 0 Å². The Labute approximate surface area is 144 Å². The van der Waals surface area contributed by atoms with E-state index in [1.807, 2.05) is 4.72 Å². The highest BCUT2D eigenvalue weighted by Gasteiger charge is 2.15. The molecule has 122 valence electrons. The van der Waals surface area contributed by atoms with E-state index < -0.39 is 15.9 Å². The summed E-state index contributed by atoms with van der Waals surface area (Å²) in [6.07, 6.45) is 0. The van der Waals surface area contributed by atoms with E-state index in [0.29, 0.717) is 21.4 Å². The molecule has 2 aromatic rings. The number of halogens is 2. The Morgan fingerprint density at radius 3 is 2.57 bits per heavy atom. The van der Waals surface area contributed by atoms with Crippen molar-refractivity contribution in [2.75, 3.05) is 0 Å².